The summed E-state index contributed by atoms with van der Waals surface area (Å²) in [6.45, 7) is 2.87. The van der Waals surface area contributed by atoms with E-state index in [1.165, 1.54) is 16.5 Å². The summed E-state index contributed by atoms with van der Waals surface area (Å²) in [5, 5.41) is 0. The van der Waals surface area contributed by atoms with E-state index in [0.29, 0.717) is 32.2 Å². The van der Waals surface area contributed by atoms with E-state index < -0.39 is 29.3 Å². The largest absolute Gasteiger partial charge is 1.00 e. The minimum atomic E-state index is -4.62. The summed E-state index contributed by atoms with van der Waals surface area (Å²) < 4.78 is 70.5. The molecule has 34 heavy (non-hydrogen) atoms. The second kappa shape index (κ2) is 11.1. The molecule has 0 saturated carbocycles. The average Bonchev–Trinajstić information content (AvgIpc) is 3.22. The van der Waals surface area contributed by atoms with Crippen molar-refractivity contribution in [3.8, 4) is 5.75 Å². The molecule has 2 aromatic carbocycles. The second-order valence-electron chi connectivity index (χ2n) is 8.28. The average molecular weight is 508 g/mol. The van der Waals surface area contributed by atoms with Crippen molar-refractivity contribution in [2.75, 3.05) is 13.2 Å². The Morgan fingerprint density at radius 1 is 1.18 bits per heavy atom. The molecule has 2 aromatic rings. The van der Waals surface area contributed by atoms with E-state index in [-0.39, 0.29) is 47.2 Å². The van der Waals surface area contributed by atoms with Gasteiger partial charge in [-0.05, 0) is 60.6 Å². The number of carbonyl (C=O) groups is 1. The van der Waals surface area contributed by atoms with Gasteiger partial charge in [0.2, 0.25) is 0 Å². The number of fused-ring (bicyclic) bond motifs is 1. The van der Waals surface area contributed by atoms with Gasteiger partial charge in [-0.25, -0.2) is 4.21 Å². The van der Waals surface area contributed by atoms with Crippen molar-refractivity contribution in [1.29, 1.82) is 0 Å². The molecule has 11 heteroatoms. The third-order valence-corrected chi connectivity index (χ3v) is 6.74. The Morgan fingerprint density at radius 2 is 1.85 bits per heavy atom. The van der Waals surface area contributed by atoms with Gasteiger partial charge in [-0.2, -0.15) is 13.2 Å². The molecule has 4 rings (SSSR count). The van der Waals surface area contributed by atoms with Crippen LogP contribution in [0.5, 0.6) is 5.75 Å². The van der Waals surface area contributed by atoms with Gasteiger partial charge in [-0.1, -0.05) is 18.2 Å². The van der Waals surface area contributed by atoms with Crippen molar-refractivity contribution in [3.63, 3.8) is 0 Å². The van der Waals surface area contributed by atoms with Gasteiger partial charge in [0, 0.05) is 26.3 Å². The Labute approximate surface area is 221 Å². The topological polar surface area (TPSA) is 76.1 Å². The van der Waals surface area contributed by atoms with Gasteiger partial charge in [0.15, 0.2) is 17.2 Å². The van der Waals surface area contributed by atoms with E-state index >= 15 is 0 Å². The van der Waals surface area contributed by atoms with E-state index in [9.17, 15) is 26.7 Å². The number of amides is 1. The van der Waals surface area contributed by atoms with Crippen LogP contribution < -0.4 is 34.3 Å². The van der Waals surface area contributed by atoms with Gasteiger partial charge in [-0.3, -0.25) is 4.79 Å². The number of hydrogen-bond acceptors (Lipinski definition) is 4. The molecule has 2 aliphatic heterocycles. The van der Waals surface area contributed by atoms with Crippen molar-refractivity contribution >= 4 is 17.0 Å². The molecule has 2 heterocycles. The molecule has 0 radical (unpaired) electrons. The molecule has 1 N–H and O–H groups in total. The molecule has 2 atom stereocenters. The van der Waals surface area contributed by atoms with E-state index in [1.54, 1.807) is 0 Å². The first-order valence-corrected chi connectivity index (χ1v) is 11.7. The Balaban J connectivity index is 0.00000216. The van der Waals surface area contributed by atoms with Crippen LogP contribution in [0, 0.1) is 0 Å². The molecular formula is C23H25F3NNaO5S. The number of alkyl halides is 3. The van der Waals surface area contributed by atoms with Crippen LogP contribution in [0.2, 0.25) is 0 Å². The number of hydrogen-bond donors (Lipinski definition) is 1. The summed E-state index contributed by atoms with van der Waals surface area (Å²) in [6.07, 6.45) is -4.90. The predicted molar refractivity (Wildman–Crippen MR) is 116 cm³/mol. The molecule has 1 unspecified atom stereocenters. The molecular weight excluding hydrogens is 482 g/mol. The van der Waals surface area contributed by atoms with Crippen molar-refractivity contribution in [2.24, 2.45) is 0 Å². The normalized spacial score (nSPS) is 18.1. The number of nitrogens with zero attached hydrogens (tertiary/aromatic N) is 1. The molecule has 1 amide bonds. The van der Waals surface area contributed by atoms with Crippen LogP contribution in [0.4, 0.5) is 13.2 Å². The zero-order valence-corrected chi connectivity index (χ0v) is 21.7. The Hall–Kier alpha value is -1.43. The summed E-state index contributed by atoms with van der Waals surface area (Å²) in [6, 6.07) is 9.54. The zero-order chi connectivity index (χ0) is 23.8. The van der Waals surface area contributed by atoms with Crippen LogP contribution >= 0.6 is 0 Å². The maximum atomic E-state index is 13.3. The van der Waals surface area contributed by atoms with Gasteiger partial charge in [0.1, 0.15) is 5.75 Å². The van der Waals surface area contributed by atoms with E-state index in [2.05, 4.69) is 12.1 Å². The predicted octanol–water partition coefficient (Wildman–Crippen LogP) is 1.76. The van der Waals surface area contributed by atoms with Crippen LogP contribution in [0.15, 0.2) is 41.3 Å². The third kappa shape index (κ3) is 6.03. The Morgan fingerprint density at radius 3 is 2.50 bits per heavy atom. The first-order valence-electron chi connectivity index (χ1n) is 10.6. The van der Waals surface area contributed by atoms with Crippen LogP contribution in [-0.2, 0) is 28.9 Å². The van der Waals surface area contributed by atoms with Crippen molar-refractivity contribution in [3.05, 3.63) is 58.7 Å². The van der Waals surface area contributed by atoms with Gasteiger partial charge >= 0.3 is 35.7 Å². The number of rotatable bonds is 5. The molecule has 0 aliphatic carbocycles. The first kappa shape index (κ1) is 27.2. The van der Waals surface area contributed by atoms with Crippen molar-refractivity contribution in [2.45, 2.75) is 55.9 Å². The SMILES string of the molecule is C[C@H](Oc1ccc(S(=O)O)cc1C(=O)N1Cc2ccc(C3CCOCC3)cc2C1)C(F)(F)F.[H-].[Na+]. The summed E-state index contributed by atoms with van der Waals surface area (Å²) >= 11 is -2.40. The Kier molecular flexibility index (Phi) is 8.86. The Bertz CT molecular complexity index is 1080. The minimum Gasteiger partial charge on any atom is -1.00 e. The molecule has 2 aliphatic rings. The van der Waals surface area contributed by atoms with Crippen LogP contribution in [-0.4, -0.2) is 45.1 Å². The summed E-state index contributed by atoms with van der Waals surface area (Å²) in [7, 11) is 0. The molecule has 0 bridgehead atoms. The summed E-state index contributed by atoms with van der Waals surface area (Å²) in [5.74, 6) is -0.442. The summed E-state index contributed by atoms with van der Waals surface area (Å²) in [4.78, 5) is 14.7. The van der Waals surface area contributed by atoms with Crippen molar-refractivity contribution in [1.82, 2.24) is 4.90 Å². The van der Waals surface area contributed by atoms with Crippen LogP contribution in [0.25, 0.3) is 0 Å². The fourth-order valence-corrected chi connectivity index (χ4v) is 4.56. The standard InChI is InChI=1S/C23H24F3NO5S.Na.H/c1-14(23(24,25)26)32-21-5-4-19(33(29)30)11-20(21)22(28)27-12-17-3-2-16(10-18(17)13-27)15-6-8-31-9-7-15;;/h2-5,10-11,14-15H,6-9,12-13H2,1H3,(H,29,30);;/q;+1;-1/t14-;;/m0../s1. The fourth-order valence-electron chi connectivity index (χ4n) is 4.16. The zero-order valence-electron chi connectivity index (χ0n) is 19.9. The maximum Gasteiger partial charge on any atom is 1.00 e. The van der Waals surface area contributed by atoms with Gasteiger partial charge in [0.05, 0.1) is 10.5 Å². The van der Waals surface area contributed by atoms with E-state index in [1.807, 2.05) is 6.07 Å². The number of ether oxygens (including phenoxy) is 2. The number of carbonyl (C=O) groups excluding carboxylic acids is 1. The molecule has 1 fully saturated rings. The maximum absolute atomic E-state index is 13.3. The summed E-state index contributed by atoms with van der Waals surface area (Å²) in [5.41, 5.74) is 2.96. The fraction of sp³-hybridized carbons (Fsp3) is 0.435. The van der Waals surface area contributed by atoms with Crippen LogP contribution in [0.1, 0.15) is 54.2 Å². The van der Waals surface area contributed by atoms with Gasteiger partial charge in [-0.15, -0.1) is 0 Å². The van der Waals surface area contributed by atoms with Crippen LogP contribution in [0.3, 0.4) is 0 Å². The molecule has 1 saturated heterocycles. The van der Waals surface area contributed by atoms with E-state index in [4.69, 9.17) is 9.47 Å². The second-order valence-corrected chi connectivity index (χ2v) is 9.25. The smallest absolute Gasteiger partial charge is 1.00 e. The van der Waals surface area contributed by atoms with E-state index in [0.717, 1.165) is 43.0 Å². The molecule has 0 spiro atoms. The first-order chi connectivity index (χ1) is 15.6. The monoisotopic (exact) mass is 507 g/mol. The third-order valence-electron chi connectivity index (χ3n) is 6.08. The molecule has 0 aromatic heterocycles. The molecule has 180 valence electrons. The quantitative estimate of drug-likeness (QED) is 0.493. The number of benzene rings is 2. The van der Waals surface area contributed by atoms with Crippen molar-refractivity contribution < 1.29 is 67.2 Å². The molecule has 6 nitrogen and oxygen atoms in total. The number of halogens is 3. The van der Waals surface area contributed by atoms with Gasteiger partial charge in [0.25, 0.3) is 5.91 Å². The minimum absolute atomic E-state index is 0. The van der Waals surface area contributed by atoms with Gasteiger partial charge < -0.3 is 20.4 Å².